The maximum Gasteiger partial charge on any atom is 0.274 e. The zero-order valence-corrected chi connectivity index (χ0v) is 18.0. The van der Waals surface area contributed by atoms with Crippen molar-refractivity contribution in [3.8, 4) is 0 Å². The number of anilines is 1. The molecule has 0 unspecified atom stereocenters. The molecule has 0 spiro atoms. The third kappa shape index (κ3) is 4.43. The molecular weight excluding hydrogens is 364 g/mol. The van der Waals surface area contributed by atoms with Crippen LogP contribution in [0.5, 0.6) is 0 Å². The molecule has 2 aliphatic rings. The number of nitrogens with zero attached hydrogens (tertiary/aromatic N) is 6. The van der Waals surface area contributed by atoms with Crippen LogP contribution >= 0.6 is 0 Å². The van der Waals surface area contributed by atoms with Gasteiger partial charge >= 0.3 is 0 Å². The van der Waals surface area contributed by atoms with Crippen molar-refractivity contribution in [1.29, 1.82) is 0 Å². The monoisotopic (exact) mass is 396 g/mol. The Labute approximate surface area is 173 Å². The maximum absolute atomic E-state index is 13.4. The number of piperidine rings is 1. The molecule has 0 bridgehead atoms. The highest BCUT2D eigenvalue weighted by Gasteiger charge is 2.34. The van der Waals surface area contributed by atoms with Crippen LogP contribution in [0.15, 0.2) is 18.2 Å². The summed E-state index contributed by atoms with van der Waals surface area (Å²) in [7, 11) is 0. The minimum absolute atomic E-state index is 0.0907. The van der Waals surface area contributed by atoms with Crippen LogP contribution in [0.3, 0.4) is 0 Å². The lowest BCUT2D eigenvalue weighted by atomic mass is 10.0. The van der Waals surface area contributed by atoms with Crippen molar-refractivity contribution < 1.29 is 4.79 Å². The highest BCUT2D eigenvalue weighted by atomic mass is 16.2. The Kier molecular flexibility index (Phi) is 5.56. The highest BCUT2D eigenvalue weighted by molar-refractivity contribution is 5.92. The average Bonchev–Trinajstić information content (AvgIpc) is 3.45. The van der Waals surface area contributed by atoms with Crippen LogP contribution in [0.1, 0.15) is 67.4 Å². The smallest absolute Gasteiger partial charge is 0.274 e. The summed E-state index contributed by atoms with van der Waals surface area (Å²) in [5.74, 6) is 1.68. The van der Waals surface area contributed by atoms with Gasteiger partial charge < -0.3 is 9.80 Å². The summed E-state index contributed by atoms with van der Waals surface area (Å²) >= 11 is 0. The first-order valence-electron chi connectivity index (χ1n) is 10.8. The Morgan fingerprint density at radius 1 is 1.14 bits per heavy atom. The van der Waals surface area contributed by atoms with Crippen molar-refractivity contribution in [3.05, 3.63) is 35.3 Å². The molecule has 0 N–H and O–H groups in total. The van der Waals surface area contributed by atoms with Crippen LogP contribution in [0.2, 0.25) is 0 Å². The molecule has 1 aliphatic carbocycles. The molecule has 0 radical (unpaired) electrons. The molecule has 0 aromatic carbocycles. The van der Waals surface area contributed by atoms with Gasteiger partial charge in [-0.2, -0.15) is 10.2 Å². The molecule has 1 saturated heterocycles. The van der Waals surface area contributed by atoms with E-state index in [1.807, 2.05) is 36.7 Å². The number of carbonyl (C=O) groups excluding carboxylic acids is 1. The van der Waals surface area contributed by atoms with E-state index in [0.29, 0.717) is 11.6 Å². The first-order valence-corrected chi connectivity index (χ1v) is 10.8. The number of amides is 1. The average molecular weight is 397 g/mol. The quantitative estimate of drug-likeness (QED) is 0.749. The molecule has 2 fully saturated rings. The van der Waals surface area contributed by atoms with Gasteiger partial charge in [0.25, 0.3) is 5.91 Å². The number of aromatic nitrogens is 4. The molecule has 7 heteroatoms. The molecule has 156 valence electrons. The summed E-state index contributed by atoms with van der Waals surface area (Å²) in [6.45, 7) is 10.8. The van der Waals surface area contributed by atoms with E-state index < -0.39 is 0 Å². The zero-order valence-electron chi connectivity index (χ0n) is 18.0. The van der Waals surface area contributed by atoms with Crippen LogP contribution in [0.4, 0.5) is 5.82 Å². The summed E-state index contributed by atoms with van der Waals surface area (Å²) in [6, 6.07) is 6.51. The van der Waals surface area contributed by atoms with E-state index in [1.54, 1.807) is 0 Å². The Morgan fingerprint density at radius 3 is 2.41 bits per heavy atom. The van der Waals surface area contributed by atoms with E-state index in [9.17, 15) is 4.79 Å². The molecular formula is C22H32N6O. The number of hydrogen-bond donors (Lipinski definition) is 0. The van der Waals surface area contributed by atoms with E-state index >= 15 is 0 Å². The molecule has 29 heavy (non-hydrogen) atoms. The SMILES string of the molecule is Cc1ccc(N2CCC(N(CC3CC3)C(=O)c3cc(C)n(C(C)C)n3)CC2)nn1. The van der Waals surface area contributed by atoms with Crippen molar-refractivity contribution in [1.82, 2.24) is 24.9 Å². The van der Waals surface area contributed by atoms with Gasteiger partial charge in [0.2, 0.25) is 0 Å². The van der Waals surface area contributed by atoms with Gasteiger partial charge in [-0.3, -0.25) is 9.48 Å². The Morgan fingerprint density at radius 2 is 1.86 bits per heavy atom. The van der Waals surface area contributed by atoms with Crippen molar-refractivity contribution in [2.45, 2.75) is 65.5 Å². The van der Waals surface area contributed by atoms with Gasteiger partial charge in [-0.25, -0.2) is 0 Å². The van der Waals surface area contributed by atoms with Crippen LogP contribution in [0.25, 0.3) is 0 Å². The molecule has 1 saturated carbocycles. The standard InChI is InChI=1S/C22H32N6O/c1-15(2)28-17(4)13-20(25-28)22(29)27(14-18-6-7-18)19-9-11-26(12-10-19)21-8-5-16(3)23-24-21/h5,8,13,15,18-19H,6-7,9-12,14H2,1-4H3. The lowest BCUT2D eigenvalue weighted by Gasteiger charge is -2.38. The third-order valence-electron chi connectivity index (χ3n) is 6.06. The fourth-order valence-corrected chi connectivity index (χ4v) is 4.21. The van der Waals surface area contributed by atoms with Crippen LogP contribution in [-0.2, 0) is 0 Å². The minimum Gasteiger partial charge on any atom is -0.355 e. The molecule has 1 aliphatic heterocycles. The van der Waals surface area contributed by atoms with Gasteiger partial charge in [-0.15, -0.1) is 5.10 Å². The second-order valence-corrected chi connectivity index (χ2v) is 8.86. The minimum atomic E-state index is 0.0907. The van der Waals surface area contributed by atoms with Gasteiger partial charge in [0.15, 0.2) is 11.5 Å². The fraction of sp³-hybridized carbons (Fsp3) is 0.636. The zero-order chi connectivity index (χ0) is 20.5. The lowest BCUT2D eigenvalue weighted by Crippen LogP contribution is -2.48. The summed E-state index contributed by atoms with van der Waals surface area (Å²) in [6.07, 6.45) is 4.39. The van der Waals surface area contributed by atoms with Gasteiger partial charge in [0, 0.05) is 37.4 Å². The third-order valence-corrected chi connectivity index (χ3v) is 6.06. The second-order valence-electron chi connectivity index (χ2n) is 8.86. The van der Waals surface area contributed by atoms with E-state index in [-0.39, 0.29) is 18.0 Å². The molecule has 4 rings (SSSR count). The predicted molar refractivity (Wildman–Crippen MR) is 113 cm³/mol. The Hall–Kier alpha value is -2.44. The first-order chi connectivity index (χ1) is 13.9. The lowest BCUT2D eigenvalue weighted by molar-refractivity contribution is 0.0631. The Balaban J connectivity index is 1.46. The van der Waals surface area contributed by atoms with Crippen LogP contribution in [0, 0.1) is 19.8 Å². The highest BCUT2D eigenvalue weighted by Crippen LogP contribution is 2.32. The van der Waals surface area contributed by atoms with Gasteiger partial charge in [-0.05, 0) is 77.5 Å². The summed E-state index contributed by atoms with van der Waals surface area (Å²) in [5, 5.41) is 13.1. The number of hydrogen-bond acceptors (Lipinski definition) is 5. The first kappa shape index (κ1) is 19.9. The molecule has 3 heterocycles. The summed E-state index contributed by atoms with van der Waals surface area (Å²) < 4.78 is 1.95. The van der Waals surface area contributed by atoms with Crippen LogP contribution < -0.4 is 4.90 Å². The maximum atomic E-state index is 13.4. The normalized spacial score (nSPS) is 17.8. The molecule has 0 atom stereocenters. The largest absolute Gasteiger partial charge is 0.355 e. The Bertz CT molecular complexity index is 847. The summed E-state index contributed by atoms with van der Waals surface area (Å²) in [4.78, 5) is 17.8. The van der Waals surface area contributed by atoms with E-state index in [4.69, 9.17) is 0 Å². The van der Waals surface area contributed by atoms with Crippen molar-refractivity contribution in [2.75, 3.05) is 24.5 Å². The van der Waals surface area contributed by atoms with Gasteiger partial charge in [0.05, 0.1) is 5.69 Å². The fourth-order valence-electron chi connectivity index (χ4n) is 4.21. The number of aryl methyl sites for hydroxylation is 2. The molecule has 1 amide bonds. The molecule has 2 aromatic rings. The van der Waals surface area contributed by atoms with E-state index in [1.165, 1.54) is 12.8 Å². The van der Waals surface area contributed by atoms with E-state index in [0.717, 1.165) is 49.7 Å². The summed E-state index contributed by atoms with van der Waals surface area (Å²) in [5.41, 5.74) is 2.56. The second kappa shape index (κ2) is 8.13. The van der Waals surface area contributed by atoms with Crippen molar-refractivity contribution >= 4 is 11.7 Å². The van der Waals surface area contributed by atoms with Gasteiger partial charge in [-0.1, -0.05) is 0 Å². The van der Waals surface area contributed by atoms with Crippen molar-refractivity contribution in [2.24, 2.45) is 5.92 Å². The number of carbonyl (C=O) groups is 1. The molecule has 7 nitrogen and oxygen atoms in total. The van der Waals surface area contributed by atoms with Gasteiger partial charge in [0.1, 0.15) is 0 Å². The number of rotatable bonds is 6. The van der Waals surface area contributed by atoms with E-state index in [2.05, 4.69) is 38.9 Å². The molecule has 2 aromatic heterocycles. The van der Waals surface area contributed by atoms with Crippen LogP contribution in [-0.4, -0.2) is 56.5 Å². The topological polar surface area (TPSA) is 67.2 Å². The van der Waals surface area contributed by atoms with Crippen molar-refractivity contribution in [3.63, 3.8) is 0 Å². The predicted octanol–water partition coefficient (Wildman–Crippen LogP) is 3.39.